The van der Waals surface area contributed by atoms with Crippen LogP contribution < -0.4 is 0 Å². The van der Waals surface area contributed by atoms with Crippen molar-refractivity contribution in [3.05, 3.63) is 23.8 Å². The molecule has 0 heteroatoms. The normalized spacial score (nSPS) is 14.2. The van der Waals surface area contributed by atoms with Gasteiger partial charge >= 0.3 is 0 Å². The van der Waals surface area contributed by atoms with E-state index in [9.17, 15) is 0 Å². The van der Waals surface area contributed by atoms with Gasteiger partial charge in [0.1, 0.15) is 0 Å². The summed E-state index contributed by atoms with van der Waals surface area (Å²) in [7, 11) is 0. The Morgan fingerprint density at radius 2 is 1.33 bits per heavy atom. The summed E-state index contributed by atoms with van der Waals surface area (Å²) in [5, 5.41) is 0. The van der Waals surface area contributed by atoms with Gasteiger partial charge in [-0.3, -0.25) is 0 Å². The molecule has 0 bridgehead atoms. The Labute approximate surface area is 115 Å². The maximum atomic E-state index is 2.30. The fourth-order valence-electron chi connectivity index (χ4n) is 2.69. The van der Waals surface area contributed by atoms with Crippen LogP contribution in [0.25, 0.3) is 0 Å². The Morgan fingerprint density at radius 3 is 1.83 bits per heavy atom. The molecule has 0 aliphatic heterocycles. The van der Waals surface area contributed by atoms with E-state index in [0.717, 1.165) is 0 Å². The Hall–Kier alpha value is -0.520. The predicted molar refractivity (Wildman–Crippen MR) is 82.9 cm³/mol. The van der Waals surface area contributed by atoms with E-state index in [0.29, 0.717) is 0 Å². The molecule has 0 saturated carbocycles. The largest absolute Gasteiger partial charge is 0.0805 e. The van der Waals surface area contributed by atoms with Gasteiger partial charge in [0, 0.05) is 0 Å². The Bertz CT molecular complexity index is 234. The Morgan fingerprint density at radius 1 is 0.778 bits per heavy atom. The number of hydrogen-bond acceptors (Lipinski definition) is 0. The topological polar surface area (TPSA) is 0 Å². The first-order valence-corrected chi connectivity index (χ1v) is 8.28. The number of rotatable bonds is 12. The van der Waals surface area contributed by atoms with E-state index in [4.69, 9.17) is 0 Å². The molecule has 0 nitrogen and oxygen atoms in total. The molecule has 0 amide bonds. The second-order valence-corrected chi connectivity index (χ2v) is 5.74. The third-order valence-electron chi connectivity index (χ3n) is 3.95. The Balaban J connectivity index is 1.71. The van der Waals surface area contributed by atoms with Crippen molar-refractivity contribution >= 4 is 0 Å². The lowest BCUT2D eigenvalue weighted by Gasteiger charge is -2.03. The first kappa shape index (κ1) is 15.5. The molecule has 0 unspecified atom stereocenters. The van der Waals surface area contributed by atoms with E-state index in [-0.39, 0.29) is 0 Å². The molecule has 1 aliphatic carbocycles. The fourth-order valence-corrected chi connectivity index (χ4v) is 2.69. The first-order chi connectivity index (χ1) is 8.93. The van der Waals surface area contributed by atoms with Crippen LogP contribution in [0.15, 0.2) is 23.8 Å². The highest BCUT2D eigenvalue weighted by Gasteiger charge is 1.99. The van der Waals surface area contributed by atoms with Gasteiger partial charge in [0.15, 0.2) is 0 Å². The monoisotopic (exact) mass is 248 g/mol. The lowest BCUT2D eigenvalue weighted by molar-refractivity contribution is 0.549. The summed E-state index contributed by atoms with van der Waals surface area (Å²) in [4.78, 5) is 0. The van der Waals surface area contributed by atoms with Crippen LogP contribution in [-0.2, 0) is 0 Å². The predicted octanol–water partition coefficient (Wildman–Crippen LogP) is 6.57. The number of allylic oxidation sites excluding steroid dienone is 4. The van der Waals surface area contributed by atoms with E-state index >= 15 is 0 Å². The van der Waals surface area contributed by atoms with Crippen molar-refractivity contribution in [3.8, 4) is 0 Å². The average Bonchev–Trinajstić information content (AvgIpc) is 2.89. The third-order valence-corrected chi connectivity index (χ3v) is 3.95. The van der Waals surface area contributed by atoms with Crippen molar-refractivity contribution in [3.63, 3.8) is 0 Å². The van der Waals surface area contributed by atoms with Crippen LogP contribution in [0.5, 0.6) is 0 Å². The molecule has 0 atom stereocenters. The van der Waals surface area contributed by atoms with E-state index < -0.39 is 0 Å². The van der Waals surface area contributed by atoms with Gasteiger partial charge in [-0.05, 0) is 19.3 Å². The maximum absolute atomic E-state index is 2.30. The molecule has 0 aromatic carbocycles. The summed E-state index contributed by atoms with van der Waals surface area (Å²) >= 11 is 0. The highest BCUT2D eigenvalue weighted by molar-refractivity contribution is 5.22. The van der Waals surface area contributed by atoms with Crippen LogP contribution in [0.4, 0.5) is 0 Å². The molecule has 0 N–H and O–H groups in total. The van der Waals surface area contributed by atoms with Gasteiger partial charge < -0.3 is 0 Å². The van der Waals surface area contributed by atoms with Crippen LogP contribution in [0.2, 0.25) is 0 Å². The molecule has 0 spiro atoms. The zero-order valence-corrected chi connectivity index (χ0v) is 12.4. The van der Waals surface area contributed by atoms with Gasteiger partial charge in [-0.1, -0.05) is 94.9 Å². The van der Waals surface area contributed by atoms with Crippen LogP contribution in [0.1, 0.15) is 90.4 Å². The van der Waals surface area contributed by atoms with Gasteiger partial charge in [0.05, 0.1) is 0 Å². The number of unbranched alkanes of at least 4 members (excludes halogenated alkanes) is 10. The highest BCUT2D eigenvalue weighted by atomic mass is 14.0. The molecule has 1 aliphatic rings. The summed E-state index contributed by atoms with van der Waals surface area (Å²) in [6.45, 7) is 2.29. The minimum atomic E-state index is 1.22. The molecule has 0 fully saturated rings. The third kappa shape index (κ3) is 8.55. The van der Waals surface area contributed by atoms with Gasteiger partial charge in [0.2, 0.25) is 0 Å². The van der Waals surface area contributed by atoms with Crippen molar-refractivity contribution < 1.29 is 0 Å². The summed E-state index contributed by atoms with van der Waals surface area (Å²) in [5.74, 6) is 0. The van der Waals surface area contributed by atoms with Crippen molar-refractivity contribution in [2.75, 3.05) is 0 Å². The van der Waals surface area contributed by atoms with Gasteiger partial charge in [-0.2, -0.15) is 0 Å². The second-order valence-electron chi connectivity index (χ2n) is 5.74. The molecule has 0 heterocycles. The van der Waals surface area contributed by atoms with E-state index in [1.165, 1.54) is 83.5 Å². The van der Waals surface area contributed by atoms with E-state index in [2.05, 4.69) is 25.2 Å². The standard InChI is InChI=1S/C18H32/c1-2-3-4-5-6-7-8-9-10-11-12-15-18-16-13-14-17-18/h13-14,16H,2-12,15,17H2,1H3. The first-order valence-electron chi connectivity index (χ1n) is 8.28. The average molecular weight is 248 g/mol. The van der Waals surface area contributed by atoms with Crippen LogP contribution in [0.3, 0.4) is 0 Å². The minimum absolute atomic E-state index is 1.22. The lowest BCUT2D eigenvalue weighted by Crippen LogP contribution is -1.83. The molecule has 1 rings (SSSR count). The van der Waals surface area contributed by atoms with Crippen molar-refractivity contribution in [2.24, 2.45) is 0 Å². The SMILES string of the molecule is CCCCCCCCCCCCCC1=CC=CC1. The summed E-state index contributed by atoms with van der Waals surface area (Å²) in [6, 6.07) is 0. The molecule has 104 valence electrons. The Kier molecular flexibility index (Phi) is 9.98. The minimum Gasteiger partial charge on any atom is -0.0805 e. The summed E-state index contributed by atoms with van der Waals surface area (Å²) in [5.41, 5.74) is 1.64. The highest BCUT2D eigenvalue weighted by Crippen LogP contribution is 2.18. The lowest BCUT2D eigenvalue weighted by atomic mass is 10.0. The van der Waals surface area contributed by atoms with E-state index in [1.54, 1.807) is 5.57 Å². The van der Waals surface area contributed by atoms with Gasteiger partial charge in [-0.15, -0.1) is 0 Å². The van der Waals surface area contributed by atoms with Crippen molar-refractivity contribution in [1.82, 2.24) is 0 Å². The van der Waals surface area contributed by atoms with Gasteiger partial charge in [0.25, 0.3) is 0 Å². The molecule has 0 aromatic rings. The molecular formula is C18H32. The quantitative estimate of drug-likeness (QED) is 0.342. The fraction of sp³-hybridized carbons (Fsp3) is 0.778. The molecule has 18 heavy (non-hydrogen) atoms. The van der Waals surface area contributed by atoms with Crippen LogP contribution in [-0.4, -0.2) is 0 Å². The van der Waals surface area contributed by atoms with Gasteiger partial charge in [-0.25, -0.2) is 0 Å². The van der Waals surface area contributed by atoms with Crippen LogP contribution >= 0.6 is 0 Å². The molecule has 0 aromatic heterocycles. The number of hydrogen-bond donors (Lipinski definition) is 0. The van der Waals surface area contributed by atoms with E-state index in [1.807, 2.05) is 0 Å². The van der Waals surface area contributed by atoms with Crippen LogP contribution in [0, 0.1) is 0 Å². The smallest absolute Gasteiger partial charge is 0.0133 e. The second kappa shape index (κ2) is 11.6. The molecule has 0 saturated heterocycles. The molecular weight excluding hydrogens is 216 g/mol. The zero-order chi connectivity index (χ0) is 12.9. The molecule has 0 radical (unpaired) electrons. The summed E-state index contributed by atoms with van der Waals surface area (Å²) < 4.78 is 0. The van der Waals surface area contributed by atoms with Crippen molar-refractivity contribution in [1.29, 1.82) is 0 Å². The maximum Gasteiger partial charge on any atom is -0.0133 e. The summed E-state index contributed by atoms with van der Waals surface area (Å²) in [6.07, 6.45) is 25.2. The van der Waals surface area contributed by atoms with Crippen molar-refractivity contribution in [2.45, 2.75) is 90.4 Å². The zero-order valence-electron chi connectivity index (χ0n) is 12.4.